The molecular weight excluding hydrogens is 252 g/mol. The van der Waals surface area contributed by atoms with Gasteiger partial charge in [0.1, 0.15) is 5.75 Å². The largest absolute Gasteiger partial charge is 0.494 e. The lowest BCUT2D eigenvalue weighted by Gasteiger charge is -2.24. The molecule has 20 heavy (non-hydrogen) atoms. The number of amides is 1. The second-order valence-corrected chi connectivity index (χ2v) is 5.45. The Hall–Kier alpha value is -1.55. The lowest BCUT2D eigenvalue weighted by atomic mass is 10.2. The Morgan fingerprint density at radius 2 is 2.05 bits per heavy atom. The summed E-state index contributed by atoms with van der Waals surface area (Å²) in [4.78, 5) is 14.1. The van der Waals surface area contributed by atoms with Gasteiger partial charge in [-0.25, -0.2) is 0 Å². The molecule has 1 amide bonds. The molecule has 1 saturated carbocycles. The van der Waals surface area contributed by atoms with Crippen molar-refractivity contribution in [3.8, 4) is 5.75 Å². The van der Waals surface area contributed by atoms with Crippen LogP contribution in [0.1, 0.15) is 32.3 Å². The maximum atomic E-state index is 12.0. The van der Waals surface area contributed by atoms with Crippen molar-refractivity contribution >= 4 is 5.91 Å². The number of carbonyl (C=O) groups excluding carboxylic acids is 1. The van der Waals surface area contributed by atoms with E-state index in [0.717, 1.165) is 25.1 Å². The molecule has 0 spiro atoms. The van der Waals surface area contributed by atoms with Gasteiger partial charge in [-0.15, -0.1) is 0 Å². The van der Waals surface area contributed by atoms with E-state index in [1.807, 2.05) is 45.2 Å². The molecule has 0 aliphatic heterocycles. The quantitative estimate of drug-likeness (QED) is 0.830. The first kappa shape index (κ1) is 14.9. The Bertz CT molecular complexity index is 440. The number of nitrogens with one attached hydrogen (secondary N) is 1. The molecule has 0 unspecified atom stereocenters. The van der Waals surface area contributed by atoms with Gasteiger partial charge < -0.3 is 10.1 Å². The molecule has 1 atom stereocenters. The van der Waals surface area contributed by atoms with Gasteiger partial charge in [-0.05, 0) is 51.4 Å². The molecule has 110 valence electrons. The molecule has 1 aromatic carbocycles. The van der Waals surface area contributed by atoms with E-state index in [4.69, 9.17) is 4.74 Å². The predicted octanol–water partition coefficient (Wildman–Crippen LogP) is 2.18. The number of rotatable bonds is 7. The van der Waals surface area contributed by atoms with Gasteiger partial charge in [0.05, 0.1) is 12.6 Å². The van der Waals surface area contributed by atoms with Gasteiger partial charge in [0, 0.05) is 12.6 Å². The van der Waals surface area contributed by atoms with Gasteiger partial charge in [-0.3, -0.25) is 9.69 Å². The van der Waals surface area contributed by atoms with Crippen LogP contribution in [-0.4, -0.2) is 36.5 Å². The van der Waals surface area contributed by atoms with E-state index in [2.05, 4.69) is 10.2 Å². The molecule has 1 aromatic rings. The van der Waals surface area contributed by atoms with Crippen molar-refractivity contribution in [1.82, 2.24) is 10.2 Å². The van der Waals surface area contributed by atoms with E-state index in [9.17, 15) is 4.79 Å². The topological polar surface area (TPSA) is 41.6 Å². The Balaban J connectivity index is 1.85. The summed E-state index contributed by atoms with van der Waals surface area (Å²) in [5, 5.41) is 3.05. The van der Waals surface area contributed by atoms with Crippen LogP contribution in [0.25, 0.3) is 0 Å². The normalized spacial score (nSPS) is 16.0. The second-order valence-electron chi connectivity index (χ2n) is 5.45. The minimum atomic E-state index is -0.109. The summed E-state index contributed by atoms with van der Waals surface area (Å²) in [5.41, 5.74) is 1.18. The van der Waals surface area contributed by atoms with Gasteiger partial charge in [-0.1, -0.05) is 12.1 Å². The smallest absolute Gasteiger partial charge is 0.237 e. The SMILES string of the molecule is CCOc1ccc(CN(C)[C@@H](C)C(=O)NC2CC2)cc1. The Labute approximate surface area is 121 Å². The molecule has 4 nitrogen and oxygen atoms in total. The van der Waals surface area contributed by atoms with Crippen LogP contribution in [0.4, 0.5) is 0 Å². The zero-order valence-electron chi connectivity index (χ0n) is 12.6. The highest BCUT2D eigenvalue weighted by atomic mass is 16.5. The van der Waals surface area contributed by atoms with Crippen molar-refractivity contribution in [2.75, 3.05) is 13.7 Å². The standard InChI is InChI=1S/C16H24N2O2/c1-4-20-15-9-5-13(6-10-15)11-18(3)12(2)16(19)17-14-7-8-14/h5-6,9-10,12,14H,4,7-8,11H2,1-3H3,(H,17,19)/t12-/m0/s1. The Morgan fingerprint density at radius 3 is 2.60 bits per heavy atom. The molecule has 0 bridgehead atoms. The van der Waals surface area contributed by atoms with Crippen molar-refractivity contribution in [2.45, 2.75) is 45.3 Å². The van der Waals surface area contributed by atoms with Gasteiger partial charge in [0.25, 0.3) is 0 Å². The van der Waals surface area contributed by atoms with Crippen molar-refractivity contribution < 1.29 is 9.53 Å². The molecule has 2 rings (SSSR count). The number of hydrogen-bond donors (Lipinski definition) is 1. The lowest BCUT2D eigenvalue weighted by Crippen LogP contribution is -2.43. The van der Waals surface area contributed by atoms with Gasteiger partial charge in [0.15, 0.2) is 0 Å². The minimum absolute atomic E-state index is 0.109. The van der Waals surface area contributed by atoms with Gasteiger partial charge in [-0.2, -0.15) is 0 Å². The third kappa shape index (κ3) is 4.23. The van der Waals surface area contributed by atoms with Crippen LogP contribution in [0.15, 0.2) is 24.3 Å². The summed E-state index contributed by atoms with van der Waals surface area (Å²) in [5.74, 6) is 1.01. The molecule has 1 aliphatic rings. The van der Waals surface area contributed by atoms with Crippen LogP contribution in [0.3, 0.4) is 0 Å². The fraction of sp³-hybridized carbons (Fsp3) is 0.562. The fourth-order valence-electron chi connectivity index (χ4n) is 2.03. The maximum Gasteiger partial charge on any atom is 0.237 e. The average molecular weight is 276 g/mol. The number of benzene rings is 1. The first-order valence-corrected chi connectivity index (χ1v) is 7.32. The maximum absolute atomic E-state index is 12.0. The van der Waals surface area contributed by atoms with Crippen LogP contribution >= 0.6 is 0 Å². The molecule has 1 fully saturated rings. The number of carbonyl (C=O) groups is 1. The predicted molar refractivity (Wildman–Crippen MR) is 79.7 cm³/mol. The monoisotopic (exact) mass is 276 g/mol. The Kier molecular flexibility index (Phi) is 5.01. The molecule has 0 aromatic heterocycles. The fourth-order valence-corrected chi connectivity index (χ4v) is 2.03. The zero-order chi connectivity index (χ0) is 14.5. The number of likely N-dealkylation sites (N-methyl/N-ethyl adjacent to an activating group) is 1. The number of hydrogen-bond acceptors (Lipinski definition) is 3. The summed E-state index contributed by atoms with van der Waals surface area (Å²) in [6.07, 6.45) is 2.25. The highest BCUT2D eigenvalue weighted by Gasteiger charge is 2.27. The van der Waals surface area contributed by atoms with Crippen molar-refractivity contribution in [3.05, 3.63) is 29.8 Å². The lowest BCUT2D eigenvalue weighted by molar-refractivity contribution is -0.125. The van der Waals surface area contributed by atoms with Crippen LogP contribution in [0.2, 0.25) is 0 Å². The molecule has 4 heteroatoms. The van der Waals surface area contributed by atoms with Crippen molar-refractivity contribution in [1.29, 1.82) is 0 Å². The second kappa shape index (κ2) is 6.75. The van der Waals surface area contributed by atoms with E-state index in [1.54, 1.807) is 0 Å². The molecule has 0 heterocycles. The molecule has 1 aliphatic carbocycles. The number of ether oxygens (including phenoxy) is 1. The van der Waals surface area contributed by atoms with Crippen LogP contribution in [-0.2, 0) is 11.3 Å². The molecule has 1 N–H and O–H groups in total. The van der Waals surface area contributed by atoms with E-state index in [0.29, 0.717) is 12.6 Å². The summed E-state index contributed by atoms with van der Waals surface area (Å²) < 4.78 is 5.42. The highest BCUT2D eigenvalue weighted by molar-refractivity contribution is 5.81. The van der Waals surface area contributed by atoms with E-state index < -0.39 is 0 Å². The molecular formula is C16H24N2O2. The third-order valence-electron chi connectivity index (χ3n) is 3.63. The van der Waals surface area contributed by atoms with E-state index >= 15 is 0 Å². The first-order valence-electron chi connectivity index (χ1n) is 7.32. The van der Waals surface area contributed by atoms with Gasteiger partial charge >= 0.3 is 0 Å². The summed E-state index contributed by atoms with van der Waals surface area (Å²) in [6, 6.07) is 8.36. The molecule has 0 saturated heterocycles. The van der Waals surface area contributed by atoms with Crippen molar-refractivity contribution in [2.24, 2.45) is 0 Å². The van der Waals surface area contributed by atoms with E-state index in [-0.39, 0.29) is 11.9 Å². The van der Waals surface area contributed by atoms with Gasteiger partial charge in [0.2, 0.25) is 5.91 Å². The summed E-state index contributed by atoms with van der Waals surface area (Å²) in [7, 11) is 1.98. The van der Waals surface area contributed by atoms with Crippen molar-refractivity contribution in [3.63, 3.8) is 0 Å². The number of nitrogens with zero attached hydrogens (tertiary/aromatic N) is 1. The summed E-state index contributed by atoms with van der Waals surface area (Å²) in [6.45, 7) is 5.36. The van der Waals surface area contributed by atoms with Crippen LogP contribution < -0.4 is 10.1 Å². The summed E-state index contributed by atoms with van der Waals surface area (Å²) >= 11 is 0. The first-order chi connectivity index (χ1) is 9.60. The molecule has 0 radical (unpaired) electrons. The average Bonchev–Trinajstić information content (AvgIpc) is 3.24. The third-order valence-corrected chi connectivity index (χ3v) is 3.63. The minimum Gasteiger partial charge on any atom is -0.494 e. The van der Waals surface area contributed by atoms with E-state index in [1.165, 1.54) is 5.56 Å². The van der Waals surface area contributed by atoms with Crippen LogP contribution in [0, 0.1) is 0 Å². The zero-order valence-corrected chi connectivity index (χ0v) is 12.6. The Morgan fingerprint density at radius 1 is 1.40 bits per heavy atom. The van der Waals surface area contributed by atoms with Crippen LogP contribution in [0.5, 0.6) is 5.75 Å². The highest BCUT2D eigenvalue weighted by Crippen LogP contribution is 2.19.